The molecular weight excluding hydrogens is 204 g/mol. The highest BCUT2D eigenvalue weighted by Crippen LogP contribution is 2.19. The lowest BCUT2D eigenvalue weighted by molar-refractivity contribution is 0.602. The second-order valence-corrected chi connectivity index (χ2v) is 4.37. The summed E-state index contributed by atoms with van der Waals surface area (Å²) in [5.41, 5.74) is 0. The summed E-state index contributed by atoms with van der Waals surface area (Å²) in [6.07, 6.45) is 7.13. The zero-order valence-electron chi connectivity index (χ0n) is 8.72. The van der Waals surface area contributed by atoms with E-state index in [-0.39, 0.29) is 0 Å². The maximum atomic E-state index is 12.1. The topological polar surface area (TPSA) is 23.1 Å². The third-order valence-corrected chi connectivity index (χ3v) is 3.19. The van der Waals surface area contributed by atoms with E-state index in [0.717, 1.165) is 9.80 Å². The maximum Gasteiger partial charge on any atom is 0.158 e. The quantitative estimate of drug-likeness (QED) is 0.561. The minimum atomic E-state index is -1.12. The maximum absolute atomic E-state index is 12.1. The first-order valence-corrected chi connectivity index (χ1v) is 5.87. The zero-order valence-corrected chi connectivity index (χ0v) is 9.54. The van der Waals surface area contributed by atoms with Gasteiger partial charge in [-0.15, -0.1) is 0 Å². The van der Waals surface area contributed by atoms with Crippen LogP contribution in [0.5, 0.6) is 0 Å². The van der Waals surface area contributed by atoms with Crippen LogP contribution in [-0.4, -0.2) is 4.55 Å². The monoisotopic (exact) mass is 218 g/mol. The van der Waals surface area contributed by atoms with Gasteiger partial charge in [0, 0.05) is 11.2 Å². The molecule has 78 valence electrons. The van der Waals surface area contributed by atoms with Gasteiger partial charge in [-0.3, -0.25) is 0 Å². The van der Waals surface area contributed by atoms with E-state index in [1.54, 1.807) is 12.2 Å². The molecule has 15 heavy (non-hydrogen) atoms. The summed E-state index contributed by atoms with van der Waals surface area (Å²) in [5, 5.41) is 0. The molecule has 0 radical (unpaired) electrons. The van der Waals surface area contributed by atoms with Gasteiger partial charge in [-0.1, -0.05) is 36.9 Å². The van der Waals surface area contributed by atoms with E-state index >= 15 is 0 Å². The fraction of sp³-hybridized carbons (Fsp3) is 0.0769. The molecule has 0 aliphatic heterocycles. The van der Waals surface area contributed by atoms with E-state index in [1.165, 1.54) is 0 Å². The summed E-state index contributed by atoms with van der Waals surface area (Å²) in [6.45, 7) is 5.52. The molecule has 1 rings (SSSR count). The molecule has 2 heteroatoms. The Kier molecular flexibility index (Phi) is 4.95. The number of benzene rings is 1. The van der Waals surface area contributed by atoms with Crippen LogP contribution in [0.4, 0.5) is 0 Å². The SMILES string of the molecule is C=C/C=C(\C=C/C)[S+]([O-])c1ccccc1. The summed E-state index contributed by atoms with van der Waals surface area (Å²) in [6, 6.07) is 9.39. The van der Waals surface area contributed by atoms with Crippen molar-refractivity contribution in [1.29, 1.82) is 0 Å². The highest BCUT2D eigenvalue weighted by Gasteiger charge is 2.13. The van der Waals surface area contributed by atoms with Crippen molar-refractivity contribution in [2.75, 3.05) is 0 Å². The molecular formula is C13H14OS. The Bertz CT molecular complexity index is 365. The normalized spacial score (nSPS) is 14.1. The van der Waals surface area contributed by atoms with Crippen molar-refractivity contribution in [3.8, 4) is 0 Å². The molecule has 0 saturated heterocycles. The molecule has 0 aromatic heterocycles. The van der Waals surface area contributed by atoms with E-state index in [9.17, 15) is 4.55 Å². The van der Waals surface area contributed by atoms with Gasteiger partial charge in [0.05, 0.1) is 0 Å². The van der Waals surface area contributed by atoms with Crippen LogP contribution in [0.15, 0.2) is 71.0 Å². The first-order chi connectivity index (χ1) is 7.29. The second-order valence-electron chi connectivity index (χ2n) is 2.89. The Morgan fingerprint density at radius 2 is 2.00 bits per heavy atom. The predicted octanol–water partition coefficient (Wildman–Crippen LogP) is 3.44. The Balaban J connectivity index is 2.96. The van der Waals surface area contributed by atoms with Gasteiger partial charge in [-0.25, -0.2) is 0 Å². The molecule has 1 aromatic carbocycles. The molecule has 0 amide bonds. The summed E-state index contributed by atoms with van der Waals surface area (Å²) >= 11 is -1.12. The molecule has 1 nitrogen and oxygen atoms in total. The van der Waals surface area contributed by atoms with Gasteiger partial charge in [0.15, 0.2) is 9.80 Å². The molecule has 0 fully saturated rings. The van der Waals surface area contributed by atoms with Crippen LogP contribution in [0.25, 0.3) is 0 Å². The van der Waals surface area contributed by atoms with Crippen molar-refractivity contribution in [2.24, 2.45) is 0 Å². The van der Waals surface area contributed by atoms with Crippen molar-refractivity contribution in [3.63, 3.8) is 0 Å². The lowest BCUT2D eigenvalue weighted by Crippen LogP contribution is -2.02. The Morgan fingerprint density at radius 1 is 1.33 bits per heavy atom. The fourth-order valence-corrected chi connectivity index (χ4v) is 2.30. The molecule has 0 heterocycles. The molecule has 0 aliphatic carbocycles. The average molecular weight is 218 g/mol. The van der Waals surface area contributed by atoms with Crippen molar-refractivity contribution < 1.29 is 4.55 Å². The molecule has 1 aromatic rings. The molecule has 0 saturated carbocycles. The summed E-state index contributed by atoms with van der Waals surface area (Å²) < 4.78 is 12.1. The number of allylic oxidation sites excluding steroid dienone is 4. The molecule has 0 bridgehead atoms. The molecule has 1 atom stereocenters. The smallest absolute Gasteiger partial charge is 0.158 e. The van der Waals surface area contributed by atoms with Crippen LogP contribution in [0.1, 0.15) is 6.92 Å². The Morgan fingerprint density at radius 3 is 2.53 bits per heavy atom. The molecule has 0 aliphatic rings. The van der Waals surface area contributed by atoms with Crippen LogP contribution >= 0.6 is 0 Å². The highest BCUT2D eigenvalue weighted by molar-refractivity contribution is 7.95. The largest absolute Gasteiger partial charge is 0.606 e. The predicted molar refractivity (Wildman–Crippen MR) is 65.9 cm³/mol. The van der Waals surface area contributed by atoms with Gasteiger partial charge < -0.3 is 4.55 Å². The Hall–Kier alpha value is -1.25. The number of rotatable bonds is 4. The van der Waals surface area contributed by atoms with Crippen molar-refractivity contribution in [2.45, 2.75) is 11.8 Å². The van der Waals surface area contributed by atoms with Crippen molar-refractivity contribution in [1.82, 2.24) is 0 Å². The van der Waals surface area contributed by atoms with Gasteiger partial charge in [0.2, 0.25) is 0 Å². The molecule has 0 N–H and O–H groups in total. The Labute approximate surface area is 94.0 Å². The molecule has 1 unspecified atom stereocenters. The van der Waals surface area contributed by atoms with E-state index < -0.39 is 11.2 Å². The van der Waals surface area contributed by atoms with Crippen molar-refractivity contribution in [3.05, 3.63) is 66.1 Å². The average Bonchev–Trinajstić information content (AvgIpc) is 2.29. The first-order valence-electron chi connectivity index (χ1n) is 4.72. The summed E-state index contributed by atoms with van der Waals surface area (Å²) in [4.78, 5) is 1.57. The van der Waals surface area contributed by atoms with Gasteiger partial charge in [-0.2, -0.15) is 0 Å². The fourth-order valence-electron chi connectivity index (χ4n) is 1.14. The third-order valence-electron chi connectivity index (χ3n) is 1.78. The first kappa shape index (κ1) is 11.8. The van der Waals surface area contributed by atoms with Crippen LogP contribution in [0.2, 0.25) is 0 Å². The highest BCUT2D eigenvalue weighted by atomic mass is 32.2. The van der Waals surface area contributed by atoms with Gasteiger partial charge >= 0.3 is 0 Å². The van der Waals surface area contributed by atoms with E-state index in [2.05, 4.69) is 6.58 Å². The second kappa shape index (κ2) is 6.27. The van der Waals surface area contributed by atoms with Crippen LogP contribution < -0.4 is 0 Å². The van der Waals surface area contributed by atoms with E-state index in [1.807, 2.05) is 49.4 Å². The minimum absolute atomic E-state index is 0.763. The van der Waals surface area contributed by atoms with Crippen LogP contribution in [0, 0.1) is 0 Å². The van der Waals surface area contributed by atoms with Crippen LogP contribution in [0.3, 0.4) is 0 Å². The minimum Gasteiger partial charge on any atom is -0.606 e. The third kappa shape index (κ3) is 3.42. The number of hydrogen-bond donors (Lipinski definition) is 0. The van der Waals surface area contributed by atoms with Gasteiger partial charge in [-0.05, 0) is 31.2 Å². The van der Waals surface area contributed by atoms with E-state index in [0.29, 0.717) is 0 Å². The van der Waals surface area contributed by atoms with Gasteiger partial charge in [0.1, 0.15) is 0 Å². The van der Waals surface area contributed by atoms with Crippen molar-refractivity contribution >= 4 is 11.2 Å². The lowest BCUT2D eigenvalue weighted by Gasteiger charge is -2.09. The van der Waals surface area contributed by atoms with E-state index in [4.69, 9.17) is 0 Å². The number of hydrogen-bond acceptors (Lipinski definition) is 1. The molecule has 0 spiro atoms. The van der Waals surface area contributed by atoms with Crippen LogP contribution in [-0.2, 0) is 11.2 Å². The standard InChI is InChI=1S/C13H14OS/c1-3-8-12(9-4-2)15(14)13-10-6-5-7-11-13/h3-11H,1H2,2H3/b9-4-,12-8+. The summed E-state index contributed by atoms with van der Waals surface area (Å²) in [7, 11) is 0. The zero-order chi connectivity index (χ0) is 11.1. The van der Waals surface area contributed by atoms with Gasteiger partial charge in [0.25, 0.3) is 0 Å². The summed E-state index contributed by atoms with van der Waals surface area (Å²) in [5.74, 6) is 0. The lowest BCUT2D eigenvalue weighted by atomic mass is 10.4.